The molecule has 2 heterocycles. The number of rotatable bonds is 3. The first-order chi connectivity index (χ1) is 9.69. The number of benzene rings is 1. The molecule has 3 rings (SSSR count). The van der Waals surface area contributed by atoms with Crippen molar-refractivity contribution in [3.05, 3.63) is 46.4 Å². The van der Waals surface area contributed by atoms with Crippen LogP contribution in [0.4, 0.5) is 11.5 Å². The van der Waals surface area contributed by atoms with Crippen LogP contribution >= 0.6 is 15.9 Å². The SMILES string of the molecule is Cc1oc2ncnc(Nc3cccc(Br)c3)c2c1CO. The van der Waals surface area contributed by atoms with E-state index in [2.05, 4.69) is 31.2 Å². The minimum Gasteiger partial charge on any atom is -0.442 e. The van der Waals surface area contributed by atoms with Gasteiger partial charge in [0.2, 0.25) is 5.71 Å². The van der Waals surface area contributed by atoms with Gasteiger partial charge in [0.25, 0.3) is 0 Å². The molecule has 20 heavy (non-hydrogen) atoms. The standard InChI is InChI=1S/C14H12BrN3O2/c1-8-11(6-19)12-13(16-7-17-14(12)20-8)18-10-4-2-3-9(15)5-10/h2-5,7,19H,6H2,1H3,(H,16,17,18). The molecule has 0 bridgehead atoms. The summed E-state index contributed by atoms with van der Waals surface area (Å²) < 4.78 is 6.50. The van der Waals surface area contributed by atoms with Crippen molar-refractivity contribution >= 4 is 38.5 Å². The fraction of sp³-hybridized carbons (Fsp3) is 0.143. The molecule has 0 aliphatic heterocycles. The second-order valence-corrected chi connectivity index (χ2v) is 5.25. The van der Waals surface area contributed by atoms with Crippen LogP contribution in [0.15, 0.2) is 39.5 Å². The molecule has 0 saturated heterocycles. The molecular formula is C14H12BrN3O2. The third kappa shape index (κ3) is 2.28. The Kier molecular flexibility index (Phi) is 3.42. The Balaban J connectivity index is 2.11. The summed E-state index contributed by atoms with van der Waals surface area (Å²) in [6.45, 7) is 1.69. The van der Waals surface area contributed by atoms with Gasteiger partial charge in [-0.15, -0.1) is 0 Å². The summed E-state index contributed by atoms with van der Waals surface area (Å²) in [5, 5.41) is 13.4. The zero-order valence-corrected chi connectivity index (χ0v) is 12.3. The Morgan fingerprint density at radius 3 is 2.95 bits per heavy atom. The number of hydrogen-bond donors (Lipinski definition) is 2. The molecule has 0 aliphatic rings. The van der Waals surface area contributed by atoms with Gasteiger partial charge >= 0.3 is 0 Å². The van der Waals surface area contributed by atoms with Crippen LogP contribution < -0.4 is 5.32 Å². The number of nitrogens with one attached hydrogen (secondary N) is 1. The normalized spacial score (nSPS) is 10.9. The Labute approximate surface area is 123 Å². The maximum Gasteiger partial charge on any atom is 0.231 e. The number of fused-ring (bicyclic) bond motifs is 1. The van der Waals surface area contributed by atoms with E-state index in [1.54, 1.807) is 6.92 Å². The number of halogens is 1. The Morgan fingerprint density at radius 1 is 1.35 bits per heavy atom. The van der Waals surface area contributed by atoms with Crippen LogP contribution in [0.25, 0.3) is 11.1 Å². The quantitative estimate of drug-likeness (QED) is 0.767. The summed E-state index contributed by atoms with van der Waals surface area (Å²) >= 11 is 3.43. The van der Waals surface area contributed by atoms with E-state index in [1.807, 2.05) is 24.3 Å². The van der Waals surface area contributed by atoms with Crippen LogP contribution in [0.2, 0.25) is 0 Å². The topological polar surface area (TPSA) is 71.2 Å². The van der Waals surface area contributed by atoms with Gasteiger partial charge < -0.3 is 14.8 Å². The number of aromatic nitrogens is 2. The van der Waals surface area contributed by atoms with E-state index < -0.39 is 0 Å². The second-order valence-electron chi connectivity index (χ2n) is 4.33. The number of aliphatic hydroxyl groups is 1. The lowest BCUT2D eigenvalue weighted by atomic mass is 10.2. The van der Waals surface area contributed by atoms with Gasteiger partial charge in [-0.25, -0.2) is 9.97 Å². The van der Waals surface area contributed by atoms with Crippen molar-refractivity contribution in [1.82, 2.24) is 9.97 Å². The summed E-state index contributed by atoms with van der Waals surface area (Å²) in [6, 6.07) is 7.75. The molecule has 102 valence electrons. The molecule has 2 aromatic heterocycles. The summed E-state index contributed by atoms with van der Waals surface area (Å²) in [5.74, 6) is 1.27. The highest BCUT2D eigenvalue weighted by atomic mass is 79.9. The van der Waals surface area contributed by atoms with Crippen molar-refractivity contribution in [2.24, 2.45) is 0 Å². The maximum absolute atomic E-state index is 9.49. The molecule has 5 nitrogen and oxygen atoms in total. The van der Waals surface area contributed by atoms with Crippen LogP contribution in [0.3, 0.4) is 0 Å². The van der Waals surface area contributed by atoms with Gasteiger partial charge in [0.15, 0.2) is 0 Å². The van der Waals surface area contributed by atoms with Crippen molar-refractivity contribution < 1.29 is 9.52 Å². The van der Waals surface area contributed by atoms with Crippen molar-refractivity contribution in [1.29, 1.82) is 0 Å². The molecule has 0 atom stereocenters. The van der Waals surface area contributed by atoms with Gasteiger partial charge in [-0.3, -0.25) is 0 Å². The van der Waals surface area contributed by atoms with E-state index in [1.165, 1.54) is 6.33 Å². The lowest BCUT2D eigenvalue weighted by Gasteiger charge is -2.07. The van der Waals surface area contributed by atoms with Crippen LogP contribution in [0, 0.1) is 6.92 Å². The fourth-order valence-corrected chi connectivity index (χ4v) is 2.49. The van der Waals surface area contributed by atoms with E-state index in [9.17, 15) is 5.11 Å². The Bertz CT molecular complexity index is 770. The predicted octanol–water partition coefficient (Wildman–Crippen LogP) is 3.53. The molecule has 2 N–H and O–H groups in total. The summed E-state index contributed by atoms with van der Waals surface area (Å²) in [6.07, 6.45) is 1.44. The molecule has 0 spiro atoms. The molecule has 0 amide bonds. The number of anilines is 2. The molecular weight excluding hydrogens is 322 g/mol. The van der Waals surface area contributed by atoms with Crippen LogP contribution in [0.5, 0.6) is 0 Å². The molecule has 1 aromatic carbocycles. The number of nitrogens with zero attached hydrogens (tertiary/aromatic N) is 2. The highest BCUT2D eigenvalue weighted by Gasteiger charge is 2.16. The van der Waals surface area contributed by atoms with Gasteiger partial charge in [-0.05, 0) is 25.1 Å². The van der Waals surface area contributed by atoms with Crippen molar-refractivity contribution in [2.75, 3.05) is 5.32 Å². The minimum atomic E-state index is -0.112. The lowest BCUT2D eigenvalue weighted by Crippen LogP contribution is -1.96. The van der Waals surface area contributed by atoms with Crippen LogP contribution in [0.1, 0.15) is 11.3 Å². The minimum absolute atomic E-state index is 0.112. The highest BCUT2D eigenvalue weighted by molar-refractivity contribution is 9.10. The van der Waals surface area contributed by atoms with Crippen LogP contribution in [-0.2, 0) is 6.61 Å². The molecule has 0 aliphatic carbocycles. The average Bonchev–Trinajstić information content (AvgIpc) is 2.75. The van der Waals surface area contributed by atoms with E-state index in [0.29, 0.717) is 28.2 Å². The van der Waals surface area contributed by atoms with Crippen molar-refractivity contribution in [3.63, 3.8) is 0 Å². The zero-order chi connectivity index (χ0) is 14.1. The van der Waals surface area contributed by atoms with Gasteiger partial charge in [0.05, 0.1) is 12.0 Å². The van der Waals surface area contributed by atoms with Crippen molar-refractivity contribution in [3.8, 4) is 0 Å². The highest BCUT2D eigenvalue weighted by Crippen LogP contribution is 2.31. The molecule has 0 saturated carbocycles. The number of aliphatic hydroxyl groups excluding tert-OH is 1. The lowest BCUT2D eigenvalue weighted by molar-refractivity contribution is 0.280. The van der Waals surface area contributed by atoms with Gasteiger partial charge in [-0.1, -0.05) is 22.0 Å². The fourth-order valence-electron chi connectivity index (χ4n) is 2.09. The molecule has 0 fully saturated rings. The number of hydrogen-bond acceptors (Lipinski definition) is 5. The van der Waals surface area contributed by atoms with E-state index in [4.69, 9.17) is 4.42 Å². The van der Waals surface area contributed by atoms with E-state index in [-0.39, 0.29) is 6.61 Å². The molecule has 0 unspecified atom stereocenters. The first kappa shape index (κ1) is 13.1. The first-order valence-corrected chi connectivity index (χ1v) is 6.84. The van der Waals surface area contributed by atoms with Gasteiger partial charge in [0, 0.05) is 15.7 Å². The smallest absolute Gasteiger partial charge is 0.231 e. The number of furan rings is 1. The first-order valence-electron chi connectivity index (χ1n) is 6.05. The Hall–Kier alpha value is -1.92. The number of aryl methyl sites for hydroxylation is 1. The van der Waals surface area contributed by atoms with Gasteiger partial charge in [0.1, 0.15) is 17.9 Å². The summed E-state index contributed by atoms with van der Waals surface area (Å²) in [4.78, 5) is 8.34. The maximum atomic E-state index is 9.49. The van der Waals surface area contributed by atoms with E-state index >= 15 is 0 Å². The summed E-state index contributed by atoms with van der Waals surface area (Å²) in [7, 11) is 0. The Morgan fingerprint density at radius 2 is 2.20 bits per heavy atom. The molecule has 0 radical (unpaired) electrons. The summed E-state index contributed by atoms with van der Waals surface area (Å²) in [5.41, 5.74) is 2.07. The second kappa shape index (κ2) is 5.22. The van der Waals surface area contributed by atoms with Gasteiger partial charge in [-0.2, -0.15) is 0 Å². The van der Waals surface area contributed by atoms with Crippen molar-refractivity contribution in [2.45, 2.75) is 13.5 Å². The average molecular weight is 334 g/mol. The van der Waals surface area contributed by atoms with E-state index in [0.717, 1.165) is 10.2 Å². The zero-order valence-electron chi connectivity index (χ0n) is 10.7. The molecule has 6 heteroatoms. The largest absolute Gasteiger partial charge is 0.442 e. The molecule has 3 aromatic rings. The predicted molar refractivity (Wildman–Crippen MR) is 79.9 cm³/mol. The third-order valence-corrected chi connectivity index (χ3v) is 3.53. The third-order valence-electron chi connectivity index (χ3n) is 3.03. The monoisotopic (exact) mass is 333 g/mol. The van der Waals surface area contributed by atoms with Crippen LogP contribution in [-0.4, -0.2) is 15.1 Å².